The summed E-state index contributed by atoms with van der Waals surface area (Å²) >= 11 is 0. The molecule has 0 aliphatic heterocycles. The molecule has 3 atom stereocenters. The molecule has 2 aromatic rings. The molecule has 3 rings (SSSR count). The summed E-state index contributed by atoms with van der Waals surface area (Å²) in [5, 5.41) is 0. The molecule has 3 unspecified atom stereocenters. The van der Waals surface area contributed by atoms with Crippen molar-refractivity contribution in [2.24, 2.45) is 11.8 Å². The van der Waals surface area contributed by atoms with Crippen LogP contribution in [0, 0.1) is 12.8 Å². The minimum absolute atomic E-state index is 0.116. The Balaban J connectivity index is 1.79. The zero-order valence-electron chi connectivity index (χ0n) is 10.5. The molecule has 0 amide bonds. The molecule has 1 aromatic carbocycles. The van der Waals surface area contributed by atoms with Gasteiger partial charge in [0.15, 0.2) is 0 Å². The van der Waals surface area contributed by atoms with Crippen LogP contribution in [0.2, 0.25) is 0 Å². The fourth-order valence-corrected chi connectivity index (χ4v) is 2.76. The Bertz CT molecular complexity index is 520. The molecule has 1 heterocycles. The van der Waals surface area contributed by atoms with Crippen molar-refractivity contribution in [1.82, 2.24) is 5.43 Å². The normalized spacial score (nSPS) is 23.9. The molecular formula is C15H18N2O. The zero-order chi connectivity index (χ0) is 12.5. The Hall–Kier alpha value is -1.58. The highest BCUT2D eigenvalue weighted by Gasteiger charge is 2.45. The molecule has 1 fully saturated rings. The van der Waals surface area contributed by atoms with E-state index < -0.39 is 0 Å². The van der Waals surface area contributed by atoms with Crippen molar-refractivity contribution in [2.45, 2.75) is 25.3 Å². The highest BCUT2D eigenvalue weighted by Crippen LogP contribution is 2.54. The summed E-state index contributed by atoms with van der Waals surface area (Å²) in [4.78, 5) is 0. The van der Waals surface area contributed by atoms with Crippen molar-refractivity contribution >= 4 is 0 Å². The van der Waals surface area contributed by atoms with E-state index in [-0.39, 0.29) is 6.04 Å². The van der Waals surface area contributed by atoms with E-state index in [1.165, 1.54) is 12.0 Å². The second-order valence-electron chi connectivity index (χ2n) is 5.03. The van der Waals surface area contributed by atoms with Crippen LogP contribution < -0.4 is 11.3 Å². The molecule has 0 saturated heterocycles. The quantitative estimate of drug-likeness (QED) is 0.640. The lowest BCUT2D eigenvalue weighted by atomic mass is 10.0. The maximum absolute atomic E-state index is 5.70. The number of rotatable bonds is 4. The molecule has 3 nitrogen and oxygen atoms in total. The molecule has 3 N–H and O–H groups in total. The molecule has 0 spiro atoms. The van der Waals surface area contributed by atoms with Gasteiger partial charge in [0.05, 0.1) is 12.3 Å². The van der Waals surface area contributed by atoms with Crippen molar-refractivity contribution in [3.63, 3.8) is 0 Å². The topological polar surface area (TPSA) is 51.2 Å². The van der Waals surface area contributed by atoms with Gasteiger partial charge in [0, 0.05) is 0 Å². The molecule has 94 valence electrons. The summed E-state index contributed by atoms with van der Waals surface area (Å²) in [7, 11) is 0. The Labute approximate surface area is 107 Å². The van der Waals surface area contributed by atoms with Gasteiger partial charge in [-0.25, -0.2) is 5.43 Å². The van der Waals surface area contributed by atoms with E-state index in [1.54, 1.807) is 6.26 Å². The summed E-state index contributed by atoms with van der Waals surface area (Å²) in [5.74, 6) is 7.80. The molecule has 1 aliphatic carbocycles. The van der Waals surface area contributed by atoms with Gasteiger partial charge in [0.1, 0.15) is 5.76 Å². The third-order valence-electron chi connectivity index (χ3n) is 3.86. The third-order valence-corrected chi connectivity index (χ3v) is 3.86. The molecular weight excluding hydrogens is 224 g/mol. The Morgan fingerprint density at radius 3 is 2.67 bits per heavy atom. The van der Waals surface area contributed by atoms with Gasteiger partial charge in [0.2, 0.25) is 0 Å². The van der Waals surface area contributed by atoms with E-state index in [9.17, 15) is 0 Å². The Kier molecular flexibility index (Phi) is 2.94. The van der Waals surface area contributed by atoms with E-state index in [2.05, 4.69) is 42.7 Å². The minimum Gasteiger partial charge on any atom is -0.467 e. The smallest absolute Gasteiger partial charge is 0.125 e. The summed E-state index contributed by atoms with van der Waals surface area (Å²) in [6.45, 7) is 2.06. The third kappa shape index (κ3) is 1.96. The minimum atomic E-state index is 0.116. The second kappa shape index (κ2) is 4.59. The van der Waals surface area contributed by atoms with E-state index in [0.29, 0.717) is 11.8 Å². The second-order valence-corrected chi connectivity index (χ2v) is 5.03. The van der Waals surface area contributed by atoms with Crippen LogP contribution in [0.4, 0.5) is 0 Å². The van der Waals surface area contributed by atoms with Crippen LogP contribution in [-0.4, -0.2) is 0 Å². The lowest BCUT2D eigenvalue weighted by Gasteiger charge is -2.14. The van der Waals surface area contributed by atoms with Crippen LogP contribution in [0.15, 0.2) is 47.1 Å². The monoisotopic (exact) mass is 242 g/mol. The first kappa shape index (κ1) is 11.5. The van der Waals surface area contributed by atoms with E-state index in [0.717, 1.165) is 11.3 Å². The number of hydrogen-bond donors (Lipinski definition) is 2. The first-order valence-corrected chi connectivity index (χ1v) is 6.36. The summed E-state index contributed by atoms with van der Waals surface area (Å²) in [6, 6.07) is 12.7. The first-order chi connectivity index (χ1) is 8.81. The van der Waals surface area contributed by atoms with Crippen molar-refractivity contribution in [3.8, 4) is 0 Å². The molecule has 3 heteroatoms. The number of hydrazine groups is 1. The molecule has 1 aliphatic rings. The van der Waals surface area contributed by atoms with Crippen LogP contribution >= 0.6 is 0 Å². The Morgan fingerprint density at radius 1 is 1.28 bits per heavy atom. The van der Waals surface area contributed by atoms with Crippen LogP contribution in [0.1, 0.15) is 35.3 Å². The fraction of sp³-hybridized carbons (Fsp3) is 0.333. The first-order valence-electron chi connectivity index (χ1n) is 6.36. The van der Waals surface area contributed by atoms with E-state index >= 15 is 0 Å². The fourth-order valence-electron chi connectivity index (χ4n) is 2.76. The van der Waals surface area contributed by atoms with Gasteiger partial charge in [-0.15, -0.1) is 0 Å². The van der Waals surface area contributed by atoms with Gasteiger partial charge in [-0.05, 0) is 42.4 Å². The summed E-state index contributed by atoms with van der Waals surface area (Å²) in [5.41, 5.74) is 5.47. The number of furan rings is 1. The van der Waals surface area contributed by atoms with Gasteiger partial charge >= 0.3 is 0 Å². The van der Waals surface area contributed by atoms with Crippen LogP contribution in [0.5, 0.6) is 0 Å². The predicted octanol–water partition coefficient (Wildman–Crippen LogP) is 2.90. The number of nitrogens with one attached hydrogen (secondary N) is 1. The van der Waals surface area contributed by atoms with Crippen LogP contribution in [0.3, 0.4) is 0 Å². The van der Waals surface area contributed by atoms with Crippen molar-refractivity contribution in [1.29, 1.82) is 0 Å². The van der Waals surface area contributed by atoms with Gasteiger partial charge in [-0.3, -0.25) is 5.84 Å². The van der Waals surface area contributed by atoms with Gasteiger partial charge in [-0.1, -0.05) is 30.3 Å². The van der Waals surface area contributed by atoms with Crippen molar-refractivity contribution in [3.05, 3.63) is 59.5 Å². The van der Waals surface area contributed by atoms with Gasteiger partial charge in [0.25, 0.3) is 0 Å². The molecule has 1 saturated carbocycles. The van der Waals surface area contributed by atoms with E-state index in [1.807, 2.05) is 6.07 Å². The number of benzene rings is 1. The highest BCUT2D eigenvalue weighted by atomic mass is 16.3. The van der Waals surface area contributed by atoms with Gasteiger partial charge < -0.3 is 4.42 Å². The van der Waals surface area contributed by atoms with Gasteiger partial charge in [-0.2, -0.15) is 0 Å². The molecule has 0 bridgehead atoms. The predicted molar refractivity (Wildman–Crippen MR) is 70.8 cm³/mol. The average Bonchev–Trinajstić information content (AvgIpc) is 3.08. The van der Waals surface area contributed by atoms with E-state index in [4.69, 9.17) is 10.3 Å². The summed E-state index contributed by atoms with van der Waals surface area (Å²) < 4.78 is 5.56. The largest absolute Gasteiger partial charge is 0.467 e. The van der Waals surface area contributed by atoms with Crippen LogP contribution in [0.25, 0.3) is 0 Å². The zero-order valence-corrected chi connectivity index (χ0v) is 10.5. The lowest BCUT2D eigenvalue weighted by Crippen LogP contribution is -2.30. The van der Waals surface area contributed by atoms with Crippen molar-refractivity contribution in [2.75, 3.05) is 0 Å². The number of aryl methyl sites for hydroxylation is 1. The Morgan fingerprint density at radius 2 is 2.06 bits per heavy atom. The standard InChI is InChI=1S/C15H18N2O/c1-10-7-8-18-15(10)14(17-16)13-9-12(13)11-5-3-2-4-6-11/h2-8,12-14,17H,9,16H2,1H3. The maximum atomic E-state index is 5.70. The number of hydrogen-bond acceptors (Lipinski definition) is 3. The highest BCUT2D eigenvalue weighted by molar-refractivity contribution is 5.29. The molecule has 18 heavy (non-hydrogen) atoms. The van der Waals surface area contributed by atoms with Crippen LogP contribution in [-0.2, 0) is 0 Å². The average molecular weight is 242 g/mol. The van der Waals surface area contributed by atoms with Crippen molar-refractivity contribution < 1.29 is 4.42 Å². The lowest BCUT2D eigenvalue weighted by molar-refractivity contribution is 0.381. The summed E-state index contributed by atoms with van der Waals surface area (Å²) in [6.07, 6.45) is 2.90. The molecule has 0 radical (unpaired) electrons. The SMILES string of the molecule is Cc1ccoc1C(NN)C1CC1c1ccccc1. The number of nitrogens with two attached hydrogens (primary N) is 1. The molecule has 1 aromatic heterocycles. The maximum Gasteiger partial charge on any atom is 0.125 e.